The van der Waals surface area contributed by atoms with Crippen LogP contribution >= 0.6 is 0 Å². The topological polar surface area (TPSA) is 207 Å². The number of cyclic esters (lactones) is 1. The molecule has 0 aromatic carbocycles. The molecule has 0 aromatic rings. The number of methoxy groups -OCH3 is 2. The Morgan fingerprint density at radius 3 is 2.09 bits per heavy atom. The molecule has 0 unspecified atom stereocenters. The molecule has 3 rings (SSSR count). The molecule has 16 nitrogen and oxygen atoms in total. The lowest BCUT2D eigenvalue weighted by Crippen LogP contribution is -2.62. The standard InChI is InChI=1S/C42H75NO15/c1-15-30-42(11,49)35(47)24(4)32(46)22(2)20-40(9,50-13)36(58-39-34(52-18-16-17-44)29(43-12)19-23(3)53-39)25(5)33(26(6)38(48)56-30)57-31-21-41(10,51-14)37(27(7)54-31)55-28(8)45/h22-27,29-31,33-37,39,43-44,47,49H,15-21H2,1-14H3/t22-,23-,24+,25+,26-,27+,29+,30-,31+,33+,34-,35-,36-,37+,39+,40+,41-,42-/m1/s1. The molecule has 3 heterocycles. The Balaban J connectivity index is 2.25. The molecule has 3 aliphatic heterocycles. The molecule has 3 aliphatic rings. The van der Waals surface area contributed by atoms with E-state index in [4.69, 9.17) is 42.6 Å². The third kappa shape index (κ3) is 11.5. The lowest BCUT2D eigenvalue weighted by molar-refractivity contribution is -0.320. The van der Waals surface area contributed by atoms with Crippen molar-refractivity contribution in [1.82, 2.24) is 5.32 Å². The van der Waals surface area contributed by atoms with Crippen molar-refractivity contribution in [2.24, 2.45) is 23.7 Å². The monoisotopic (exact) mass is 834 g/mol. The average molecular weight is 834 g/mol. The highest BCUT2D eigenvalue weighted by atomic mass is 16.7. The van der Waals surface area contributed by atoms with Crippen LogP contribution in [0.3, 0.4) is 0 Å². The number of carbonyl (C=O) groups is 3. The fraction of sp³-hybridized carbons (Fsp3) is 0.929. The summed E-state index contributed by atoms with van der Waals surface area (Å²) < 4.78 is 57.1. The number of esters is 2. The second-order valence-electron chi connectivity index (χ2n) is 17.5. The van der Waals surface area contributed by atoms with E-state index in [2.05, 4.69) is 5.32 Å². The number of Topliss-reactive ketones (excluding diaryl/α,β-unsaturated/α-hetero) is 1. The minimum atomic E-state index is -1.99. The maximum Gasteiger partial charge on any atom is 0.311 e. The maximum absolute atomic E-state index is 14.4. The summed E-state index contributed by atoms with van der Waals surface area (Å²) in [6, 6.07) is -0.188. The Morgan fingerprint density at radius 1 is 0.914 bits per heavy atom. The zero-order valence-electron chi connectivity index (χ0n) is 37.4. The van der Waals surface area contributed by atoms with Crippen molar-refractivity contribution >= 4 is 17.7 Å². The molecular weight excluding hydrogens is 758 g/mol. The maximum atomic E-state index is 14.4. The van der Waals surface area contributed by atoms with Gasteiger partial charge in [-0.1, -0.05) is 27.7 Å². The van der Waals surface area contributed by atoms with Crippen LogP contribution in [0.15, 0.2) is 0 Å². The van der Waals surface area contributed by atoms with Gasteiger partial charge in [-0.05, 0) is 74.3 Å². The molecule has 3 fully saturated rings. The lowest BCUT2D eigenvalue weighted by atomic mass is 9.74. The van der Waals surface area contributed by atoms with E-state index in [0.29, 0.717) is 12.8 Å². The Kier molecular flexibility index (Phi) is 18.6. The van der Waals surface area contributed by atoms with E-state index < -0.39 is 108 Å². The summed E-state index contributed by atoms with van der Waals surface area (Å²) in [6.45, 7) is 18.7. The zero-order chi connectivity index (χ0) is 43.9. The first-order valence-corrected chi connectivity index (χ1v) is 21.0. The van der Waals surface area contributed by atoms with Crippen LogP contribution in [0, 0.1) is 23.7 Å². The van der Waals surface area contributed by atoms with Crippen LogP contribution in [-0.2, 0) is 57.0 Å². The summed E-state index contributed by atoms with van der Waals surface area (Å²) >= 11 is 0. The highest BCUT2D eigenvalue weighted by molar-refractivity contribution is 5.83. The summed E-state index contributed by atoms with van der Waals surface area (Å²) in [5.74, 6) is -5.05. The first-order chi connectivity index (χ1) is 27.0. The summed E-state index contributed by atoms with van der Waals surface area (Å²) in [7, 11) is 4.87. The molecule has 0 aromatic heterocycles. The number of aliphatic hydroxyl groups excluding tert-OH is 2. The van der Waals surface area contributed by atoms with E-state index in [0.717, 1.165) is 0 Å². The van der Waals surface area contributed by atoms with Gasteiger partial charge in [0.05, 0.1) is 42.0 Å². The minimum Gasteiger partial charge on any atom is -0.459 e. The van der Waals surface area contributed by atoms with Crippen molar-refractivity contribution in [3.05, 3.63) is 0 Å². The fourth-order valence-electron chi connectivity index (χ4n) is 9.23. The van der Waals surface area contributed by atoms with Gasteiger partial charge in [0.2, 0.25) is 0 Å². The Labute approximate surface area is 345 Å². The van der Waals surface area contributed by atoms with E-state index in [-0.39, 0.29) is 50.4 Å². The first kappa shape index (κ1) is 50.5. The van der Waals surface area contributed by atoms with Crippen LogP contribution in [0.25, 0.3) is 0 Å². The Bertz CT molecular complexity index is 1340. The Morgan fingerprint density at radius 2 is 1.53 bits per heavy atom. The number of hydrogen-bond acceptors (Lipinski definition) is 16. The van der Waals surface area contributed by atoms with Crippen LogP contribution < -0.4 is 5.32 Å². The van der Waals surface area contributed by atoms with Crippen LogP contribution in [-0.4, -0.2) is 152 Å². The molecule has 0 spiro atoms. The van der Waals surface area contributed by atoms with Crippen molar-refractivity contribution in [2.75, 3.05) is 34.5 Å². The molecule has 0 aliphatic carbocycles. The van der Waals surface area contributed by atoms with Gasteiger partial charge in [-0.15, -0.1) is 0 Å². The van der Waals surface area contributed by atoms with Gasteiger partial charge in [-0.2, -0.15) is 0 Å². The molecule has 338 valence electrons. The second-order valence-corrected chi connectivity index (χ2v) is 17.5. The van der Waals surface area contributed by atoms with Crippen LogP contribution in [0.1, 0.15) is 108 Å². The van der Waals surface area contributed by atoms with E-state index >= 15 is 0 Å². The average Bonchev–Trinajstić information content (AvgIpc) is 3.17. The number of aliphatic hydroxyl groups is 3. The number of likely N-dealkylation sites (N-methyl/N-ethyl adjacent to an activating group) is 1. The summed E-state index contributed by atoms with van der Waals surface area (Å²) in [5.41, 5.74) is -4.29. The highest BCUT2D eigenvalue weighted by Gasteiger charge is 2.54. The number of ether oxygens (including phenoxy) is 9. The fourth-order valence-corrected chi connectivity index (χ4v) is 9.23. The summed E-state index contributed by atoms with van der Waals surface area (Å²) in [5, 5.41) is 36.2. The number of nitrogens with one attached hydrogen (secondary N) is 1. The molecule has 16 heteroatoms. The smallest absolute Gasteiger partial charge is 0.311 e. The van der Waals surface area contributed by atoms with Crippen LogP contribution in [0.2, 0.25) is 0 Å². The molecule has 0 amide bonds. The molecular formula is C42H75NO15. The number of hydrogen-bond donors (Lipinski definition) is 4. The van der Waals surface area contributed by atoms with Gasteiger partial charge in [-0.3, -0.25) is 14.4 Å². The van der Waals surface area contributed by atoms with Gasteiger partial charge in [-0.25, -0.2) is 0 Å². The van der Waals surface area contributed by atoms with Crippen LogP contribution in [0.4, 0.5) is 0 Å². The van der Waals surface area contributed by atoms with Gasteiger partial charge in [0.25, 0.3) is 0 Å². The van der Waals surface area contributed by atoms with Gasteiger partial charge in [0.15, 0.2) is 18.7 Å². The third-order valence-electron chi connectivity index (χ3n) is 12.8. The van der Waals surface area contributed by atoms with Gasteiger partial charge < -0.3 is 63.3 Å². The summed E-state index contributed by atoms with van der Waals surface area (Å²) in [6.07, 6.45) is -7.65. The molecule has 0 saturated carbocycles. The van der Waals surface area contributed by atoms with Crippen molar-refractivity contribution in [1.29, 1.82) is 0 Å². The molecule has 0 radical (unpaired) electrons. The van der Waals surface area contributed by atoms with E-state index in [1.807, 2.05) is 27.8 Å². The van der Waals surface area contributed by atoms with E-state index in [1.165, 1.54) is 28.1 Å². The van der Waals surface area contributed by atoms with Crippen LogP contribution in [0.5, 0.6) is 0 Å². The largest absolute Gasteiger partial charge is 0.459 e. The second kappa shape index (κ2) is 21.3. The highest BCUT2D eigenvalue weighted by Crippen LogP contribution is 2.42. The van der Waals surface area contributed by atoms with Gasteiger partial charge in [0, 0.05) is 64.6 Å². The lowest BCUT2D eigenvalue weighted by Gasteiger charge is -2.50. The SMILES string of the molecule is CC[C@H]1OC(=O)[C@H](C)[C@@H](O[C@H]2C[C@@](C)(OC)[C@@H](OC(C)=O)[C@H](C)O2)[C@H](C)[C@@H](O[C@@H]2O[C@H](C)C[C@H](NC)[C@H]2OCCCO)[C@@](C)(OC)C[C@@H](C)C(=O)[C@H](C)[C@@H](O)[C@]1(C)O. The van der Waals surface area contributed by atoms with Crippen molar-refractivity contribution < 1.29 is 72.3 Å². The molecule has 4 N–H and O–H groups in total. The minimum absolute atomic E-state index is 0.0624. The molecule has 58 heavy (non-hydrogen) atoms. The third-order valence-corrected chi connectivity index (χ3v) is 12.8. The molecule has 18 atom stereocenters. The zero-order valence-corrected chi connectivity index (χ0v) is 37.4. The predicted octanol–water partition coefficient (Wildman–Crippen LogP) is 3.08. The predicted molar refractivity (Wildman–Crippen MR) is 211 cm³/mol. The quantitative estimate of drug-likeness (QED) is 0.155. The van der Waals surface area contributed by atoms with Gasteiger partial charge in [0.1, 0.15) is 29.2 Å². The van der Waals surface area contributed by atoms with Crippen molar-refractivity contribution in [2.45, 2.75) is 193 Å². The molecule has 0 bridgehead atoms. The molecule has 3 saturated heterocycles. The normalized spacial score (nSPS) is 44.9. The number of carbonyl (C=O) groups excluding carboxylic acids is 3. The van der Waals surface area contributed by atoms with Crippen molar-refractivity contribution in [3.8, 4) is 0 Å². The van der Waals surface area contributed by atoms with E-state index in [9.17, 15) is 29.7 Å². The van der Waals surface area contributed by atoms with Crippen molar-refractivity contribution in [3.63, 3.8) is 0 Å². The van der Waals surface area contributed by atoms with Gasteiger partial charge >= 0.3 is 11.9 Å². The first-order valence-electron chi connectivity index (χ1n) is 21.0. The number of rotatable bonds is 13. The number of ketones is 1. The Hall–Kier alpha value is -1.83. The van der Waals surface area contributed by atoms with E-state index in [1.54, 1.807) is 41.5 Å². The summed E-state index contributed by atoms with van der Waals surface area (Å²) in [4.78, 5) is 40.6.